The normalized spacial score (nSPS) is 15.8. The largest absolute Gasteiger partial charge is 0.467 e. The Bertz CT molecular complexity index is 763. The highest BCUT2D eigenvalue weighted by molar-refractivity contribution is 6.10. The monoisotopic (exact) mass is 340 g/mol. The summed E-state index contributed by atoms with van der Waals surface area (Å²) in [4.78, 5) is 26.0. The van der Waals surface area contributed by atoms with Crippen LogP contribution in [-0.4, -0.2) is 34.4 Å². The van der Waals surface area contributed by atoms with Crippen molar-refractivity contribution < 1.29 is 19.1 Å². The molecule has 0 bridgehead atoms. The Labute approximate surface area is 145 Å². The zero-order valence-corrected chi connectivity index (χ0v) is 13.9. The van der Waals surface area contributed by atoms with Crippen LogP contribution in [0, 0.1) is 0 Å². The fourth-order valence-electron chi connectivity index (χ4n) is 2.96. The lowest BCUT2D eigenvalue weighted by Crippen LogP contribution is -2.41. The van der Waals surface area contributed by atoms with E-state index >= 15 is 0 Å². The lowest BCUT2D eigenvalue weighted by molar-refractivity contribution is -0.122. The molecule has 0 spiro atoms. The molecule has 0 radical (unpaired) electrons. The average molecular weight is 340 g/mol. The summed E-state index contributed by atoms with van der Waals surface area (Å²) in [5.41, 5.74) is 1.84. The van der Waals surface area contributed by atoms with Crippen LogP contribution < -0.4 is 5.32 Å². The molecule has 6 heteroatoms. The third kappa shape index (κ3) is 3.49. The number of furan rings is 1. The maximum Gasteiger partial charge on any atom is 0.259 e. The molecule has 2 amide bonds. The number of amides is 2. The lowest BCUT2D eigenvalue weighted by Gasteiger charge is -2.20. The highest BCUT2D eigenvalue weighted by Crippen LogP contribution is 2.30. The van der Waals surface area contributed by atoms with Gasteiger partial charge in [-0.1, -0.05) is 24.8 Å². The zero-order chi connectivity index (χ0) is 18.0. The molecule has 130 valence electrons. The summed E-state index contributed by atoms with van der Waals surface area (Å²) in [6.07, 6.45) is 1.01. The van der Waals surface area contributed by atoms with Crippen LogP contribution in [0.4, 0.5) is 0 Å². The number of nitrogens with zero attached hydrogens (tertiary/aromatic N) is 1. The number of hydrogen-bond donors (Lipinski definition) is 2. The molecule has 2 N–H and O–H groups in total. The van der Waals surface area contributed by atoms with Crippen molar-refractivity contribution in [2.24, 2.45) is 0 Å². The van der Waals surface area contributed by atoms with Gasteiger partial charge in [-0.05, 0) is 25.1 Å². The summed E-state index contributed by atoms with van der Waals surface area (Å²) in [6, 6.07) is 10.3. The van der Waals surface area contributed by atoms with Crippen molar-refractivity contribution in [2.75, 3.05) is 6.54 Å². The van der Waals surface area contributed by atoms with Gasteiger partial charge in [0.25, 0.3) is 5.91 Å². The molecule has 1 aliphatic heterocycles. The lowest BCUT2D eigenvalue weighted by atomic mass is 10.1. The van der Waals surface area contributed by atoms with E-state index in [9.17, 15) is 14.7 Å². The predicted molar refractivity (Wildman–Crippen MR) is 92.4 cm³/mol. The van der Waals surface area contributed by atoms with E-state index in [-0.39, 0.29) is 24.4 Å². The fourth-order valence-corrected chi connectivity index (χ4v) is 2.96. The minimum atomic E-state index is -0.794. The van der Waals surface area contributed by atoms with Crippen LogP contribution in [0.3, 0.4) is 0 Å². The molecule has 0 fully saturated rings. The number of hydrogen-bond acceptors (Lipinski definition) is 4. The van der Waals surface area contributed by atoms with Crippen molar-refractivity contribution in [1.82, 2.24) is 10.2 Å². The molecular weight excluding hydrogens is 320 g/mol. The van der Waals surface area contributed by atoms with Crippen LogP contribution in [0.5, 0.6) is 0 Å². The zero-order valence-electron chi connectivity index (χ0n) is 13.9. The predicted octanol–water partition coefficient (Wildman–Crippen LogP) is 2.33. The second-order valence-corrected chi connectivity index (χ2v) is 6.12. The van der Waals surface area contributed by atoms with Crippen LogP contribution in [0.25, 0.3) is 5.70 Å². The molecule has 25 heavy (non-hydrogen) atoms. The number of carbonyl (C=O) groups is 2. The smallest absolute Gasteiger partial charge is 0.259 e. The average Bonchev–Trinajstić information content (AvgIpc) is 3.19. The number of aliphatic hydroxyl groups is 1. The molecule has 6 nitrogen and oxygen atoms in total. The van der Waals surface area contributed by atoms with Gasteiger partial charge >= 0.3 is 0 Å². The van der Waals surface area contributed by atoms with E-state index in [1.807, 2.05) is 12.1 Å². The number of benzene rings is 1. The van der Waals surface area contributed by atoms with Gasteiger partial charge in [-0.15, -0.1) is 0 Å². The second-order valence-electron chi connectivity index (χ2n) is 6.12. The number of nitrogens with one attached hydrogen (secondary N) is 1. The third-order valence-corrected chi connectivity index (χ3v) is 4.20. The van der Waals surface area contributed by atoms with Crippen molar-refractivity contribution in [2.45, 2.75) is 25.5 Å². The topological polar surface area (TPSA) is 82.8 Å². The Balaban J connectivity index is 1.56. The van der Waals surface area contributed by atoms with E-state index < -0.39 is 6.10 Å². The molecule has 2 unspecified atom stereocenters. The molecular formula is C19H20N2O4. The Morgan fingerprint density at radius 2 is 2.00 bits per heavy atom. The molecule has 1 aromatic carbocycles. The van der Waals surface area contributed by atoms with Crippen LogP contribution in [0.15, 0.2) is 53.7 Å². The van der Waals surface area contributed by atoms with E-state index in [0.717, 1.165) is 5.56 Å². The Morgan fingerprint density at radius 3 is 2.64 bits per heavy atom. The number of fused-ring (bicyclic) bond motifs is 1. The summed E-state index contributed by atoms with van der Waals surface area (Å²) >= 11 is 0. The maximum atomic E-state index is 12.4. The first-order valence-electron chi connectivity index (χ1n) is 8.08. The number of aliphatic hydroxyl groups excluding tert-OH is 1. The van der Waals surface area contributed by atoms with Crippen molar-refractivity contribution in [3.63, 3.8) is 0 Å². The summed E-state index contributed by atoms with van der Waals surface area (Å²) < 4.78 is 5.15. The molecule has 2 aromatic rings. The summed E-state index contributed by atoms with van der Waals surface area (Å²) in [5.74, 6) is -0.0693. The van der Waals surface area contributed by atoms with Gasteiger partial charge in [0.15, 0.2) is 0 Å². The molecule has 2 heterocycles. The van der Waals surface area contributed by atoms with Crippen molar-refractivity contribution in [3.05, 3.63) is 66.1 Å². The van der Waals surface area contributed by atoms with Gasteiger partial charge < -0.3 is 14.8 Å². The SMILES string of the molecule is C=C1c2ccccc2C(=O)N1CC(=O)NC(C)CC(O)c1ccco1. The maximum absolute atomic E-state index is 12.4. The van der Waals surface area contributed by atoms with E-state index in [1.54, 1.807) is 31.2 Å². The molecule has 0 saturated carbocycles. The fraction of sp³-hybridized carbons (Fsp3) is 0.263. The van der Waals surface area contributed by atoms with Crippen LogP contribution in [0.1, 0.15) is 41.1 Å². The molecule has 0 saturated heterocycles. The van der Waals surface area contributed by atoms with E-state index in [0.29, 0.717) is 23.4 Å². The molecule has 2 atom stereocenters. The quantitative estimate of drug-likeness (QED) is 0.845. The van der Waals surface area contributed by atoms with Gasteiger partial charge in [0.2, 0.25) is 5.91 Å². The van der Waals surface area contributed by atoms with Crippen molar-refractivity contribution in [1.29, 1.82) is 0 Å². The first-order chi connectivity index (χ1) is 12.0. The molecule has 3 rings (SSSR count). The van der Waals surface area contributed by atoms with Gasteiger partial charge in [-0.3, -0.25) is 14.5 Å². The first-order valence-corrected chi connectivity index (χ1v) is 8.08. The molecule has 1 aromatic heterocycles. The minimum absolute atomic E-state index is 0.104. The van der Waals surface area contributed by atoms with E-state index in [1.165, 1.54) is 11.2 Å². The van der Waals surface area contributed by atoms with E-state index in [2.05, 4.69) is 11.9 Å². The van der Waals surface area contributed by atoms with Gasteiger partial charge in [0, 0.05) is 29.3 Å². The standard InChI is InChI=1S/C19H20N2O4/c1-12(10-16(22)17-8-5-9-25-17)20-18(23)11-21-13(2)14-6-3-4-7-15(14)19(21)24/h3-9,12,16,22H,2,10-11H2,1H3,(H,20,23). The number of rotatable bonds is 6. The summed E-state index contributed by atoms with van der Waals surface area (Å²) in [7, 11) is 0. The highest BCUT2D eigenvalue weighted by Gasteiger charge is 2.32. The Hall–Kier alpha value is -2.86. The molecule has 1 aliphatic rings. The Morgan fingerprint density at radius 1 is 1.28 bits per heavy atom. The third-order valence-electron chi connectivity index (χ3n) is 4.20. The Kier molecular flexibility index (Phi) is 4.72. The second kappa shape index (κ2) is 6.94. The van der Waals surface area contributed by atoms with E-state index in [4.69, 9.17) is 4.42 Å². The highest BCUT2D eigenvalue weighted by atomic mass is 16.4. The van der Waals surface area contributed by atoms with Crippen LogP contribution in [-0.2, 0) is 4.79 Å². The minimum Gasteiger partial charge on any atom is -0.467 e. The van der Waals surface area contributed by atoms with Crippen molar-refractivity contribution >= 4 is 17.5 Å². The summed E-state index contributed by atoms with van der Waals surface area (Å²) in [6.45, 7) is 5.60. The van der Waals surface area contributed by atoms with Crippen molar-refractivity contribution in [3.8, 4) is 0 Å². The summed E-state index contributed by atoms with van der Waals surface area (Å²) in [5, 5.41) is 12.8. The van der Waals surface area contributed by atoms with Gasteiger partial charge in [0.05, 0.1) is 6.26 Å². The molecule has 0 aliphatic carbocycles. The first kappa shape index (κ1) is 17.0. The van der Waals surface area contributed by atoms with Gasteiger partial charge in [-0.2, -0.15) is 0 Å². The van der Waals surface area contributed by atoms with Gasteiger partial charge in [-0.25, -0.2) is 0 Å². The van der Waals surface area contributed by atoms with Crippen LogP contribution in [0.2, 0.25) is 0 Å². The van der Waals surface area contributed by atoms with Crippen LogP contribution >= 0.6 is 0 Å². The van der Waals surface area contributed by atoms with Gasteiger partial charge in [0.1, 0.15) is 18.4 Å². The number of carbonyl (C=O) groups excluding carboxylic acids is 2.